The summed E-state index contributed by atoms with van der Waals surface area (Å²) in [6, 6.07) is 15.6. The number of thiophene rings is 1. The van der Waals surface area contributed by atoms with Crippen LogP contribution in [0.1, 0.15) is 32.4 Å². The quantitative estimate of drug-likeness (QED) is 0.792. The molecule has 1 amide bonds. The van der Waals surface area contributed by atoms with E-state index in [0.717, 1.165) is 11.1 Å². The van der Waals surface area contributed by atoms with Crippen LogP contribution in [0.15, 0.2) is 66.3 Å². The number of carbonyl (C=O) groups is 1. The summed E-state index contributed by atoms with van der Waals surface area (Å²) in [5, 5.41) is 5.01. The van der Waals surface area contributed by atoms with Gasteiger partial charge in [0.25, 0.3) is 5.91 Å². The van der Waals surface area contributed by atoms with E-state index in [1.165, 1.54) is 16.9 Å². The molecule has 1 N–H and O–H groups in total. The molecule has 0 aliphatic carbocycles. The molecular weight excluding hydrogens is 292 g/mol. The van der Waals surface area contributed by atoms with Gasteiger partial charge in [-0.15, -0.1) is 11.3 Å². The van der Waals surface area contributed by atoms with Crippen LogP contribution in [0.25, 0.3) is 0 Å². The van der Waals surface area contributed by atoms with Gasteiger partial charge < -0.3 is 5.32 Å². The molecule has 0 saturated carbocycles. The van der Waals surface area contributed by atoms with Crippen LogP contribution in [-0.4, -0.2) is 10.9 Å². The Bertz CT molecular complexity index is 737. The third-order valence-corrected chi connectivity index (χ3v) is 4.32. The predicted molar refractivity (Wildman–Crippen MR) is 89.0 cm³/mol. The van der Waals surface area contributed by atoms with Gasteiger partial charge >= 0.3 is 0 Å². The largest absolute Gasteiger partial charge is 0.340 e. The van der Waals surface area contributed by atoms with Crippen LogP contribution in [0, 0.1) is 6.92 Å². The fourth-order valence-corrected chi connectivity index (χ4v) is 2.90. The molecule has 4 heteroatoms. The molecule has 1 unspecified atom stereocenters. The van der Waals surface area contributed by atoms with Gasteiger partial charge in [-0.2, -0.15) is 0 Å². The Morgan fingerprint density at radius 2 is 1.91 bits per heavy atom. The first kappa shape index (κ1) is 14.5. The molecule has 110 valence electrons. The monoisotopic (exact) mass is 308 g/mol. The molecular formula is C18H16N2OS. The lowest BCUT2D eigenvalue weighted by atomic mass is 9.99. The maximum Gasteiger partial charge on any atom is 0.262 e. The van der Waals surface area contributed by atoms with Crippen LogP contribution in [0.5, 0.6) is 0 Å². The van der Waals surface area contributed by atoms with Crippen LogP contribution in [0.3, 0.4) is 0 Å². The molecule has 3 nitrogen and oxygen atoms in total. The standard InChI is InChI=1S/C18H16N2OS/c1-13-6-8-14(9-7-13)17(15-4-2-10-19-12-15)20-18(21)16-5-3-11-22-16/h2-12,17H,1H3,(H,20,21). The number of aryl methyl sites for hydroxylation is 1. The Morgan fingerprint density at radius 1 is 1.09 bits per heavy atom. The highest BCUT2D eigenvalue weighted by atomic mass is 32.1. The Balaban J connectivity index is 1.93. The van der Waals surface area contributed by atoms with Gasteiger partial charge in [-0.25, -0.2) is 0 Å². The summed E-state index contributed by atoms with van der Waals surface area (Å²) in [5.41, 5.74) is 3.21. The molecule has 0 radical (unpaired) electrons. The highest BCUT2D eigenvalue weighted by molar-refractivity contribution is 7.12. The summed E-state index contributed by atoms with van der Waals surface area (Å²) in [4.78, 5) is 17.3. The molecule has 0 saturated heterocycles. The summed E-state index contributed by atoms with van der Waals surface area (Å²) in [6.07, 6.45) is 3.52. The minimum Gasteiger partial charge on any atom is -0.340 e. The van der Waals surface area contributed by atoms with Crippen molar-refractivity contribution in [2.45, 2.75) is 13.0 Å². The molecule has 1 aromatic carbocycles. The van der Waals surface area contributed by atoms with Gasteiger partial charge in [0.2, 0.25) is 0 Å². The van der Waals surface area contributed by atoms with E-state index in [1.54, 1.807) is 12.4 Å². The zero-order chi connectivity index (χ0) is 15.4. The van der Waals surface area contributed by atoms with Crippen molar-refractivity contribution in [3.63, 3.8) is 0 Å². The number of pyridine rings is 1. The van der Waals surface area contributed by atoms with E-state index in [9.17, 15) is 4.79 Å². The van der Waals surface area contributed by atoms with Gasteiger partial charge in [0, 0.05) is 12.4 Å². The average molecular weight is 308 g/mol. The lowest BCUT2D eigenvalue weighted by Gasteiger charge is -2.19. The number of nitrogens with zero attached hydrogens (tertiary/aromatic N) is 1. The van der Waals surface area contributed by atoms with Crippen molar-refractivity contribution in [3.8, 4) is 0 Å². The van der Waals surface area contributed by atoms with E-state index in [-0.39, 0.29) is 11.9 Å². The van der Waals surface area contributed by atoms with Crippen LogP contribution in [-0.2, 0) is 0 Å². The van der Waals surface area contributed by atoms with Crippen molar-refractivity contribution in [2.24, 2.45) is 0 Å². The summed E-state index contributed by atoms with van der Waals surface area (Å²) in [7, 11) is 0. The number of rotatable bonds is 4. The number of hydrogen-bond acceptors (Lipinski definition) is 3. The number of aromatic nitrogens is 1. The van der Waals surface area contributed by atoms with Gasteiger partial charge in [-0.1, -0.05) is 42.0 Å². The first-order chi connectivity index (χ1) is 10.7. The number of hydrogen-bond donors (Lipinski definition) is 1. The van der Waals surface area contributed by atoms with Crippen molar-refractivity contribution < 1.29 is 4.79 Å². The van der Waals surface area contributed by atoms with Crippen molar-refractivity contribution in [1.82, 2.24) is 10.3 Å². The molecule has 1 atom stereocenters. The van der Waals surface area contributed by atoms with E-state index in [0.29, 0.717) is 4.88 Å². The van der Waals surface area contributed by atoms with E-state index in [1.807, 2.05) is 48.7 Å². The SMILES string of the molecule is Cc1ccc(C(NC(=O)c2cccs2)c2cccnc2)cc1. The van der Waals surface area contributed by atoms with Gasteiger partial charge in [0.05, 0.1) is 10.9 Å². The topological polar surface area (TPSA) is 42.0 Å². The molecule has 2 aromatic heterocycles. The fourth-order valence-electron chi connectivity index (χ4n) is 2.27. The molecule has 2 heterocycles. The second-order valence-corrected chi connectivity index (χ2v) is 6.03. The van der Waals surface area contributed by atoms with Crippen LogP contribution in [0.4, 0.5) is 0 Å². The van der Waals surface area contributed by atoms with Gasteiger partial charge in [-0.05, 0) is 35.6 Å². The molecule has 22 heavy (non-hydrogen) atoms. The molecule has 0 spiro atoms. The van der Waals surface area contributed by atoms with E-state index in [4.69, 9.17) is 0 Å². The van der Waals surface area contributed by atoms with Crippen LogP contribution >= 0.6 is 11.3 Å². The molecule has 0 bridgehead atoms. The van der Waals surface area contributed by atoms with Gasteiger partial charge in [0.15, 0.2) is 0 Å². The third-order valence-electron chi connectivity index (χ3n) is 3.45. The summed E-state index contributed by atoms with van der Waals surface area (Å²) in [6.45, 7) is 2.05. The Kier molecular flexibility index (Phi) is 4.30. The average Bonchev–Trinajstić information content (AvgIpc) is 3.09. The first-order valence-corrected chi connectivity index (χ1v) is 7.93. The van der Waals surface area contributed by atoms with Gasteiger partial charge in [-0.3, -0.25) is 9.78 Å². The van der Waals surface area contributed by atoms with Crippen LogP contribution in [0.2, 0.25) is 0 Å². The minimum atomic E-state index is -0.205. The second kappa shape index (κ2) is 6.54. The number of carbonyl (C=O) groups excluding carboxylic acids is 1. The molecule has 0 aliphatic heterocycles. The molecule has 3 rings (SSSR count). The first-order valence-electron chi connectivity index (χ1n) is 7.05. The van der Waals surface area contributed by atoms with Crippen molar-refractivity contribution >= 4 is 17.2 Å². The lowest BCUT2D eigenvalue weighted by molar-refractivity contribution is 0.0947. The lowest BCUT2D eigenvalue weighted by Crippen LogP contribution is -2.28. The molecule has 0 aliphatic rings. The second-order valence-electron chi connectivity index (χ2n) is 5.08. The highest BCUT2D eigenvalue weighted by Gasteiger charge is 2.18. The van der Waals surface area contributed by atoms with E-state index in [2.05, 4.69) is 22.4 Å². The Hall–Kier alpha value is -2.46. The van der Waals surface area contributed by atoms with Gasteiger partial charge in [0.1, 0.15) is 0 Å². The highest BCUT2D eigenvalue weighted by Crippen LogP contribution is 2.23. The zero-order valence-corrected chi connectivity index (χ0v) is 13.0. The third kappa shape index (κ3) is 3.23. The van der Waals surface area contributed by atoms with Crippen molar-refractivity contribution in [2.75, 3.05) is 0 Å². The normalized spacial score (nSPS) is 11.9. The number of nitrogens with one attached hydrogen (secondary N) is 1. The van der Waals surface area contributed by atoms with Crippen molar-refractivity contribution in [1.29, 1.82) is 0 Å². The maximum atomic E-state index is 12.4. The molecule has 3 aromatic rings. The summed E-state index contributed by atoms with van der Waals surface area (Å²) < 4.78 is 0. The Morgan fingerprint density at radius 3 is 2.55 bits per heavy atom. The predicted octanol–water partition coefficient (Wildman–Crippen LogP) is 3.97. The van der Waals surface area contributed by atoms with Crippen molar-refractivity contribution in [3.05, 3.63) is 87.9 Å². The Labute approximate surface area is 133 Å². The molecule has 0 fully saturated rings. The van der Waals surface area contributed by atoms with E-state index >= 15 is 0 Å². The smallest absolute Gasteiger partial charge is 0.262 e. The van der Waals surface area contributed by atoms with Crippen LogP contribution < -0.4 is 5.32 Å². The summed E-state index contributed by atoms with van der Waals surface area (Å²) >= 11 is 1.44. The maximum absolute atomic E-state index is 12.4. The number of amides is 1. The minimum absolute atomic E-state index is 0.0653. The summed E-state index contributed by atoms with van der Waals surface area (Å²) in [5.74, 6) is -0.0653. The zero-order valence-electron chi connectivity index (χ0n) is 12.2. The number of benzene rings is 1. The van der Waals surface area contributed by atoms with E-state index < -0.39 is 0 Å². The fraction of sp³-hybridized carbons (Fsp3) is 0.111.